The molecule has 0 aliphatic heterocycles. The summed E-state index contributed by atoms with van der Waals surface area (Å²) in [5, 5.41) is 4.80. The van der Waals surface area contributed by atoms with Crippen LogP contribution in [0.15, 0.2) is 54.7 Å². The lowest BCUT2D eigenvalue weighted by atomic mass is 10.1. The smallest absolute Gasteiger partial charge is 0.220 e. The summed E-state index contributed by atoms with van der Waals surface area (Å²) >= 11 is 5.93. The first-order valence-electron chi connectivity index (χ1n) is 7.28. The summed E-state index contributed by atoms with van der Waals surface area (Å²) in [5.74, 6) is 0.0465. The van der Waals surface area contributed by atoms with E-state index in [2.05, 4.69) is 16.4 Å². The zero-order valence-corrected chi connectivity index (χ0v) is 12.9. The van der Waals surface area contributed by atoms with E-state index in [0.29, 0.717) is 18.0 Å². The van der Waals surface area contributed by atoms with Gasteiger partial charge in [0.05, 0.1) is 0 Å². The molecule has 1 aromatic heterocycles. The highest BCUT2D eigenvalue weighted by Gasteiger charge is 2.06. The molecular weight excluding hydrogens is 296 g/mol. The van der Waals surface area contributed by atoms with Crippen molar-refractivity contribution in [1.29, 1.82) is 0 Å². The molecule has 0 aliphatic carbocycles. The van der Waals surface area contributed by atoms with Crippen molar-refractivity contribution in [3.05, 3.63) is 70.9 Å². The fourth-order valence-electron chi connectivity index (χ4n) is 2.52. The van der Waals surface area contributed by atoms with Crippen LogP contribution in [-0.4, -0.2) is 10.9 Å². The first-order chi connectivity index (χ1) is 10.7. The molecule has 3 aromatic rings. The van der Waals surface area contributed by atoms with E-state index in [1.807, 2.05) is 48.7 Å². The maximum Gasteiger partial charge on any atom is 0.220 e. The Morgan fingerprint density at radius 3 is 2.86 bits per heavy atom. The van der Waals surface area contributed by atoms with Crippen LogP contribution in [0, 0.1) is 0 Å². The number of hydrogen-bond acceptors (Lipinski definition) is 1. The lowest BCUT2D eigenvalue weighted by molar-refractivity contribution is -0.121. The van der Waals surface area contributed by atoms with E-state index in [-0.39, 0.29) is 5.91 Å². The number of aryl methyl sites for hydroxylation is 1. The van der Waals surface area contributed by atoms with Crippen LogP contribution in [0.2, 0.25) is 5.02 Å². The second-order valence-corrected chi connectivity index (χ2v) is 5.70. The number of aromatic nitrogens is 1. The Kier molecular flexibility index (Phi) is 4.45. The molecule has 3 rings (SSSR count). The molecule has 0 saturated carbocycles. The highest BCUT2D eigenvalue weighted by Crippen LogP contribution is 2.19. The van der Waals surface area contributed by atoms with Crippen molar-refractivity contribution in [3.63, 3.8) is 0 Å². The van der Waals surface area contributed by atoms with Gasteiger partial charge in [-0.3, -0.25) is 4.79 Å². The van der Waals surface area contributed by atoms with Crippen molar-refractivity contribution in [2.75, 3.05) is 0 Å². The molecule has 2 aromatic carbocycles. The number of para-hydroxylation sites is 1. The van der Waals surface area contributed by atoms with Gasteiger partial charge in [-0.15, -0.1) is 0 Å². The zero-order chi connectivity index (χ0) is 15.4. The van der Waals surface area contributed by atoms with Gasteiger partial charge in [0.25, 0.3) is 0 Å². The Balaban J connectivity index is 1.54. The number of carbonyl (C=O) groups is 1. The molecule has 2 N–H and O–H groups in total. The third-order valence-electron chi connectivity index (χ3n) is 3.68. The van der Waals surface area contributed by atoms with Crippen molar-refractivity contribution in [2.24, 2.45) is 0 Å². The van der Waals surface area contributed by atoms with Crippen LogP contribution in [0.3, 0.4) is 0 Å². The Labute approximate surface area is 134 Å². The van der Waals surface area contributed by atoms with Gasteiger partial charge >= 0.3 is 0 Å². The Bertz CT molecular complexity index is 794. The summed E-state index contributed by atoms with van der Waals surface area (Å²) < 4.78 is 0. The highest BCUT2D eigenvalue weighted by atomic mass is 35.5. The van der Waals surface area contributed by atoms with Gasteiger partial charge in [0.15, 0.2) is 0 Å². The number of H-pyrrole nitrogens is 1. The fraction of sp³-hybridized carbons (Fsp3) is 0.167. The van der Waals surface area contributed by atoms with Crippen LogP contribution in [0.25, 0.3) is 10.9 Å². The quantitative estimate of drug-likeness (QED) is 0.733. The average Bonchev–Trinajstić information content (AvgIpc) is 2.94. The van der Waals surface area contributed by atoms with Crippen LogP contribution >= 0.6 is 11.6 Å². The van der Waals surface area contributed by atoms with Crippen LogP contribution in [0.1, 0.15) is 17.5 Å². The molecule has 0 unspecified atom stereocenters. The molecule has 112 valence electrons. The summed E-state index contributed by atoms with van der Waals surface area (Å²) in [7, 11) is 0. The first kappa shape index (κ1) is 14.7. The van der Waals surface area contributed by atoms with Gasteiger partial charge in [-0.25, -0.2) is 0 Å². The molecule has 0 saturated heterocycles. The number of carbonyl (C=O) groups excluding carboxylic acids is 1. The van der Waals surface area contributed by atoms with E-state index in [1.165, 1.54) is 10.9 Å². The van der Waals surface area contributed by atoms with E-state index in [0.717, 1.165) is 17.5 Å². The number of halogens is 1. The molecule has 3 nitrogen and oxygen atoms in total. The molecule has 1 heterocycles. The van der Waals surface area contributed by atoms with Crippen molar-refractivity contribution in [3.8, 4) is 0 Å². The number of benzene rings is 2. The number of aromatic amines is 1. The van der Waals surface area contributed by atoms with E-state index in [4.69, 9.17) is 11.6 Å². The molecule has 0 fully saturated rings. The van der Waals surface area contributed by atoms with Crippen LogP contribution < -0.4 is 5.32 Å². The number of fused-ring (bicyclic) bond motifs is 1. The molecule has 22 heavy (non-hydrogen) atoms. The summed E-state index contributed by atoms with van der Waals surface area (Å²) in [6, 6.07) is 15.6. The van der Waals surface area contributed by atoms with Crippen LogP contribution in [0.4, 0.5) is 0 Å². The second kappa shape index (κ2) is 6.67. The number of nitrogens with one attached hydrogen (secondary N) is 2. The molecule has 4 heteroatoms. The molecule has 0 bridgehead atoms. The summed E-state index contributed by atoms with van der Waals surface area (Å²) in [6.45, 7) is 0.507. The topological polar surface area (TPSA) is 44.9 Å². The second-order valence-electron chi connectivity index (χ2n) is 5.27. The first-order valence-corrected chi connectivity index (χ1v) is 7.66. The lowest BCUT2D eigenvalue weighted by Gasteiger charge is -2.05. The third-order valence-corrected chi connectivity index (χ3v) is 3.91. The van der Waals surface area contributed by atoms with Gasteiger partial charge in [-0.2, -0.15) is 0 Å². The average molecular weight is 313 g/mol. The lowest BCUT2D eigenvalue weighted by Crippen LogP contribution is -2.22. The molecular formula is C18H17ClN2O. The minimum Gasteiger partial charge on any atom is -0.361 e. The standard InChI is InChI=1S/C18H17ClN2O/c19-15-5-3-4-13(10-15)11-21-18(22)9-8-14-12-20-17-7-2-1-6-16(14)17/h1-7,10,12,20H,8-9,11H2,(H,21,22). The normalized spacial score (nSPS) is 10.8. The maximum absolute atomic E-state index is 12.0. The molecule has 0 atom stereocenters. The van der Waals surface area contributed by atoms with Gasteiger partial charge in [-0.1, -0.05) is 41.9 Å². The molecule has 0 aliphatic rings. The van der Waals surface area contributed by atoms with Crippen LogP contribution in [-0.2, 0) is 17.8 Å². The minimum absolute atomic E-state index is 0.0465. The highest BCUT2D eigenvalue weighted by molar-refractivity contribution is 6.30. The van der Waals surface area contributed by atoms with Gasteiger partial charge < -0.3 is 10.3 Å². The zero-order valence-electron chi connectivity index (χ0n) is 12.1. The van der Waals surface area contributed by atoms with Crippen molar-refractivity contribution < 1.29 is 4.79 Å². The predicted molar refractivity (Wildman–Crippen MR) is 89.9 cm³/mol. The van der Waals surface area contributed by atoms with E-state index < -0.39 is 0 Å². The van der Waals surface area contributed by atoms with Gasteiger partial charge in [-0.05, 0) is 35.7 Å². The number of amides is 1. The largest absolute Gasteiger partial charge is 0.361 e. The van der Waals surface area contributed by atoms with Crippen molar-refractivity contribution in [2.45, 2.75) is 19.4 Å². The summed E-state index contributed by atoms with van der Waals surface area (Å²) in [6.07, 6.45) is 3.18. The van der Waals surface area contributed by atoms with Crippen LogP contribution in [0.5, 0.6) is 0 Å². The number of rotatable bonds is 5. The Morgan fingerprint density at radius 1 is 1.14 bits per heavy atom. The van der Waals surface area contributed by atoms with E-state index in [1.54, 1.807) is 0 Å². The minimum atomic E-state index is 0.0465. The monoisotopic (exact) mass is 312 g/mol. The van der Waals surface area contributed by atoms with Crippen molar-refractivity contribution >= 4 is 28.4 Å². The maximum atomic E-state index is 12.0. The molecule has 0 radical (unpaired) electrons. The SMILES string of the molecule is O=C(CCc1c[nH]c2ccccc12)NCc1cccc(Cl)c1. The van der Waals surface area contributed by atoms with Gasteiger partial charge in [0.1, 0.15) is 0 Å². The summed E-state index contributed by atoms with van der Waals surface area (Å²) in [4.78, 5) is 15.2. The molecule has 0 spiro atoms. The third kappa shape index (κ3) is 3.49. The van der Waals surface area contributed by atoms with Gasteiger partial charge in [0, 0.05) is 35.1 Å². The number of hydrogen-bond donors (Lipinski definition) is 2. The van der Waals surface area contributed by atoms with Gasteiger partial charge in [0.2, 0.25) is 5.91 Å². The Morgan fingerprint density at radius 2 is 2.00 bits per heavy atom. The summed E-state index contributed by atoms with van der Waals surface area (Å²) in [5.41, 5.74) is 3.29. The molecule has 1 amide bonds. The predicted octanol–water partition coefficient (Wildman–Crippen LogP) is 4.07. The van der Waals surface area contributed by atoms with E-state index in [9.17, 15) is 4.79 Å². The Hall–Kier alpha value is -2.26. The fourth-order valence-corrected chi connectivity index (χ4v) is 2.74. The van der Waals surface area contributed by atoms with E-state index >= 15 is 0 Å². The van der Waals surface area contributed by atoms with Crippen molar-refractivity contribution in [1.82, 2.24) is 10.3 Å².